The second kappa shape index (κ2) is 5.64. The van der Waals surface area contributed by atoms with E-state index >= 15 is 0 Å². The van der Waals surface area contributed by atoms with Crippen molar-refractivity contribution in [1.29, 1.82) is 0 Å². The average Bonchev–Trinajstić information content (AvgIpc) is 2.38. The van der Waals surface area contributed by atoms with Crippen molar-refractivity contribution >= 4 is 17.6 Å². The van der Waals surface area contributed by atoms with Gasteiger partial charge in [0.1, 0.15) is 11.9 Å². The number of nitro groups is 1. The van der Waals surface area contributed by atoms with Crippen LogP contribution in [0, 0.1) is 22.9 Å². The number of likely N-dealkylation sites (N-methyl/N-ethyl adjacent to an activating group) is 1. The molecule has 1 rings (SSSR count). The third-order valence-electron chi connectivity index (χ3n) is 2.94. The minimum absolute atomic E-state index is 0.0565. The van der Waals surface area contributed by atoms with Crippen molar-refractivity contribution in [2.24, 2.45) is 0 Å². The molecule has 20 heavy (non-hydrogen) atoms. The average molecular weight is 284 g/mol. The normalized spacial score (nSPS) is 11.8. The molecule has 1 atom stereocenters. The van der Waals surface area contributed by atoms with Crippen molar-refractivity contribution in [3.05, 3.63) is 39.2 Å². The number of aryl methyl sites for hydroxylation is 1. The molecule has 0 aliphatic heterocycles. The number of rotatable bonds is 4. The zero-order valence-corrected chi connectivity index (χ0v) is 11.1. The first-order valence-corrected chi connectivity index (χ1v) is 5.61. The van der Waals surface area contributed by atoms with Gasteiger partial charge in [-0.25, -0.2) is 9.18 Å². The molecule has 108 valence electrons. The van der Waals surface area contributed by atoms with Crippen molar-refractivity contribution in [2.45, 2.75) is 19.9 Å². The summed E-state index contributed by atoms with van der Waals surface area (Å²) in [5.74, 6) is -3.09. The van der Waals surface area contributed by atoms with Gasteiger partial charge in [-0.15, -0.1) is 0 Å². The number of aliphatic carboxylic acids is 1. The van der Waals surface area contributed by atoms with E-state index in [9.17, 15) is 24.1 Å². The Kier molecular flexibility index (Phi) is 4.38. The lowest BCUT2D eigenvalue weighted by molar-refractivity contribution is -0.385. The van der Waals surface area contributed by atoms with Crippen LogP contribution in [0.15, 0.2) is 12.1 Å². The van der Waals surface area contributed by atoms with E-state index in [1.807, 2.05) is 0 Å². The van der Waals surface area contributed by atoms with Gasteiger partial charge in [-0.3, -0.25) is 14.9 Å². The molecular weight excluding hydrogens is 271 g/mol. The van der Waals surface area contributed by atoms with Gasteiger partial charge < -0.3 is 10.0 Å². The quantitative estimate of drug-likeness (QED) is 0.668. The standard InChI is InChI=1S/C12H13FN2O5/c1-6-4-8(15(19)20)5-9(10(6)13)11(16)14(3)7(2)12(17)18/h4-5,7H,1-3H3,(H,17,18). The molecule has 0 aliphatic rings. The zero-order valence-electron chi connectivity index (χ0n) is 11.1. The van der Waals surface area contributed by atoms with Gasteiger partial charge in [0.05, 0.1) is 10.5 Å². The summed E-state index contributed by atoms with van der Waals surface area (Å²) in [6.45, 7) is 2.54. The Bertz CT molecular complexity index is 587. The first kappa shape index (κ1) is 15.5. The number of hydrogen-bond donors (Lipinski definition) is 1. The summed E-state index contributed by atoms with van der Waals surface area (Å²) in [4.78, 5) is 33.6. The molecular formula is C12H13FN2O5. The molecule has 0 heterocycles. The SMILES string of the molecule is Cc1cc([N+](=O)[O-])cc(C(=O)N(C)C(C)C(=O)O)c1F. The lowest BCUT2D eigenvalue weighted by atomic mass is 10.1. The van der Waals surface area contributed by atoms with Crippen LogP contribution in [0.25, 0.3) is 0 Å². The van der Waals surface area contributed by atoms with E-state index in [0.717, 1.165) is 17.0 Å². The second-order valence-corrected chi connectivity index (χ2v) is 4.31. The monoisotopic (exact) mass is 284 g/mol. The van der Waals surface area contributed by atoms with Crippen LogP contribution in [0.4, 0.5) is 10.1 Å². The molecule has 0 saturated carbocycles. The molecule has 1 amide bonds. The third-order valence-corrected chi connectivity index (χ3v) is 2.94. The van der Waals surface area contributed by atoms with Crippen molar-refractivity contribution < 1.29 is 24.0 Å². The Labute approximate surface area is 113 Å². The highest BCUT2D eigenvalue weighted by molar-refractivity contribution is 5.97. The predicted octanol–water partition coefficient (Wildman–Crippen LogP) is 1.59. The molecule has 0 aromatic heterocycles. The van der Waals surface area contributed by atoms with E-state index in [1.54, 1.807) is 0 Å². The Morgan fingerprint density at radius 3 is 2.45 bits per heavy atom. The number of amides is 1. The van der Waals surface area contributed by atoms with Gasteiger partial charge in [0.2, 0.25) is 0 Å². The van der Waals surface area contributed by atoms with Crippen molar-refractivity contribution in [3.8, 4) is 0 Å². The molecule has 0 saturated heterocycles. The molecule has 0 bridgehead atoms. The molecule has 0 spiro atoms. The second-order valence-electron chi connectivity index (χ2n) is 4.31. The van der Waals surface area contributed by atoms with Crippen molar-refractivity contribution in [2.75, 3.05) is 7.05 Å². The maximum atomic E-state index is 13.9. The number of halogens is 1. The van der Waals surface area contributed by atoms with Crippen LogP contribution in [0.1, 0.15) is 22.8 Å². The minimum Gasteiger partial charge on any atom is -0.480 e. The number of non-ortho nitro benzene ring substituents is 1. The van der Waals surface area contributed by atoms with Crippen molar-refractivity contribution in [1.82, 2.24) is 4.90 Å². The Balaban J connectivity index is 3.28. The molecule has 1 aromatic carbocycles. The molecule has 7 nitrogen and oxygen atoms in total. The zero-order chi connectivity index (χ0) is 15.6. The fourth-order valence-corrected chi connectivity index (χ4v) is 1.54. The molecule has 0 radical (unpaired) electrons. The number of benzene rings is 1. The number of nitro benzene ring substituents is 1. The summed E-state index contributed by atoms with van der Waals surface area (Å²) in [6, 6.07) is 0.629. The molecule has 1 aromatic rings. The van der Waals surface area contributed by atoms with Crippen LogP contribution >= 0.6 is 0 Å². The van der Waals surface area contributed by atoms with Gasteiger partial charge in [-0.2, -0.15) is 0 Å². The molecule has 8 heteroatoms. The van der Waals surface area contributed by atoms with E-state index < -0.39 is 39.9 Å². The molecule has 1 unspecified atom stereocenters. The molecule has 1 N–H and O–H groups in total. The van der Waals surface area contributed by atoms with Gasteiger partial charge in [0.15, 0.2) is 0 Å². The number of carboxylic acids is 1. The fraction of sp³-hybridized carbons (Fsp3) is 0.333. The van der Waals surface area contributed by atoms with Gasteiger partial charge in [-0.1, -0.05) is 0 Å². The number of nitrogens with zero attached hydrogens (tertiary/aromatic N) is 2. The highest BCUT2D eigenvalue weighted by atomic mass is 19.1. The van der Waals surface area contributed by atoms with Gasteiger partial charge in [-0.05, 0) is 19.4 Å². The number of carbonyl (C=O) groups is 2. The van der Waals surface area contributed by atoms with Crippen LogP contribution in [0.2, 0.25) is 0 Å². The number of hydrogen-bond acceptors (Lipinski definition) is 4. The maximum Gasteiger partial charge on any atom is 0.326 e. The minimum atomic E-state index is -1.26. The van der Waals surface area contributed by atoms with E-state index in [0.29, 0.717) is 0 Å². The Hall–Kier alpha value is -2.51. The predicted molar refractivity (Wildman–Crippen MR) is 67.0 cm³/mol. The molecule has 0 aliphatic carbocycles. The summed E-state index contributed by atoms with van der Waals surface area (Å²) in [6.07, 6.45) is 0. The summed E-state index contributed by atoms with van der Waals surface area (Å²) in [7, 11) is 1.19. The summed E-state index contributed by atoms with van der Waals surface area (Å²) < 4.78 is 13.9. The lowest BCUT2D eigenvalue weighted by Gasteiger charge is -2.21. The number of carboxylic acid groups (broad SMARTS) is 1. The van der Waals surface area contributed by atoms with E-state index in [4.69, 9.17) is 5.11 Å². The van der Waals surface area contributed by atoms with E-state index in [2.05, 4.69) is 0 Å². The van der Waals surface area contributed by atoms with Crippen molar-refractivity contribution in [3.63, 3.8) is 0 Å². The smallest absolute Gasteiger partial charge is 0.326 e. The van der Waals surface area contributed by atoms with Crippen LogP contribution in [0.5, 0.6) is 0 Å². The highest BCUT2D eigenvalue weighted by Gasteiger charge is 2.27. The largest absolute Gasteiger partial charge is 0.480 e. The van der Waals surface area contributed by atoms with Crippen LogP contribution < -0.4 is 0 Å². The van der Waals surface area contributed by atoms with Gasteiger partial charge in [0.25, 0.3) is 11.6 Å². The first-order valence-electron chi connectivity index (χ1n) is 5.61. The first-order chi connectivity index (χ1) is 9.16. The van der Waals surface area contributed by atoms with Crippen LogP contribution in [-0.4, -0.2) is 39.9 Å². The lowest BCUT2D eigenvalue weighted by Crippen LogP contribution is -2.40. The molecule has 0 fully saturated rings. The van der Waals surface area contributed by atoms with Gasteiger partial charge in [0, 0.05) is 19.2 Å². The topological polar surface area (TPSA) is 101 Å². The summed E-state index contributed by atoms with van der Waals surface area (Å²) >= 11 is 0. The Morgan fingerprint density at radius 2 is 2.00 bits per heavy atom. The van der Waals surface area contributed by atoms with E-state index in [-0.39, 0.29) is 5.56 Å². The fourth-order valence-electron chi connectivity index (χ4n) is 1.54. The van der Waals surface area contributed by atoms with E-state index in [1.165, 1.54) is 20.9 Å². The van der Waals surface area contributed by atoms with Crippen LogP contribution in [0.3, 0.4) is 0 Å². The number of carbonyl (C=O) groups excluding carboxylic acids is 1. The highest BCUT2D eigenvalue weighted by Crippen LogP contribution is 2.22. The maximum absolute atomic E-state index is 13.9. The summed E-state index contributed by atoms with van der Waals surface area (Å²) in [5, 5.41) is 19.5. The van der Waals surface area contributed by atoms with Gasteiger partial charge >= 0.3 is 5.97 Å². The van der Waals surface area contributed by atoms with Crippen LogP contribution in [-0.2, 0) is 4.79 Å². The summed E-state index contributed by atoms with van der Waals surface area (Å²) in [5.41, 5.74) is -1.00. The Morgan fingerprint density at radius 1 is 1.45 bits per heavy atom. The third kappa shape index (κ3) is 2.90.